The average Bonchev–Trinajstić information content (AvgIpc) is 3.42. The molecule has 0 bridgehead atoms. The first kappa shape index (κ1) is 20.7. The van der Waals surface area contributed by atoms with Gasteiger partial charge in [-0.25, -0.2) is 9.98 Å². The molecule has 158 valence electrons. The number of rotatable bonds is 7. The molecule has 4 aromatic rings. The van der Waals surface area contributed by atoms with Gasteiger partial charge in [0.05, 0.1) is 22.6 Å². The van der Waals surface area contributed by atoms with Gasteiger partial charge in [0.2, 0.25) is 0 Å². The van der Waals surface area contributed by atoms with Gasteiger partial charge in [-0.15, -0.1) is 11.3 Å². The van der Waals surface area contributed by atoms with E-state index in [1.807, 2.05) is 34.3 Å². The zero-order valence-electron chi connectivity index (χ0n) is 17.4. The third kappa shape index (κ3) is 4.64. The Morgan fingerprint density at radius 1 is 1.16 bits per heavy atom. The molecular formula is C23H23N5O2S. The number of aryl methyl sites for hydroxylation is 2. The second-order valence-corrected chi connectivity index (χ2v) is 8.18. The summed E-state index contributed by atoms with van der Waals surface area (Å²) >= 11 is 1.55. The Labute approximate surface area is 184 Å². The fourth-order valence-electron chi connectivity index (χ4n) is 3.43. The average molecular weight is 434 g/mol. The Hall–Kier alpha value is -3.52. The quantitative estimate of drug-likeness (QED) is 0.295. The van der Waals surface area contributed by atoms with E-state index in [1.165, 1.54) is 11.6 Å². The fraction of sp³-hybridized carbons (Fsp3) is 0.217. The number of nitro benzene ring substituents is 1. The van der Waals surface area contributed by atoms with Gasteiger partial charge in [0, 0.05) is 48.6 Å². The number of nitro groups is 1. The van der Waals surface area contributed by atoms with Crippen molar-refractivity contribution < 1.29 is 4.92 Å². The summed E-state index contributed by atoms with van der Waals surface area (Å²) in [6.45, 7) is 5.73. The van der Waals surface area contributed by atoms with Crippen LogP contribution >= 0.6 is 11.3 Å². The molecule has 2 heterocycles. The number of non-ortho nitro benzene ring substituents is 1. The van der Waals surface area contributed by atoms with Crippen LogP contribution < -0.4 is 4.80 Å². The van der Waals surface area contributed by atoms with E-state index < -0.39 is 0 Å². The van der Waals surface area contributed by atoms with Crippen molar-refractivity contribution in [2.24, 2.45) is 4.99 Å². The van der Waals surface area contributed by atoms with Crippen molar-refractivity contribution in [2.45, 2.75) is 33.4 Å². The van der Waals surface area contributed by atoms with Gasteiger partial charge in [-0.1, -0.05) is 24.3 Å². The lowest BCUT2D eigenvalue weighted by atomic mass is 10.1. The van der Waals surface area contributed by atoms with Crippen molar-refractivity contribution in [3.63, 3.8) is 0 Å². The van der Waals surface area contributed by atoms with Crippen LogP contribution in [0.1, 0.15) is 17.5 Å². The Morgan fingerprint density at radius 3 is 2.77 bits per heavy atom. The van der Waals surface area contributed by atoms with Gasteiger partial charge in [-0.3, -0.25) is 10.1 Å². The molecule has 0 aliphatic heterocycles. The minimum Gasteiger partial charge on any atom is -0.337 e. The van der Waals surface area contributed by atoms with Gasteiger partial charge in [0.1, 0.15) is 0 Å². The summed E-state index contributed by atoms with van der Waals surface area (Å²) in [4.78, 5) is 20.8. The standard InChI is InChI=1S/C23H23N5O2S/c1-17-6-3-9-21(18(17)2)25-23-27(12-5-11-26-13-10-24-16-26)22(15-31-23)19-7-4-8-20(14-19)28(29)30/h3-4,6-10,13-16H,5,11-12H2,1-2H3. The topological polar surface area (TPSA) is 78.2 Å². The van der Waals surface area contributed by atoms with E-state index in [9.17, 15) is 10.1 Å². The molecule has 2 aromatic carbocycles. The molecule has 0 unspecified atom stereocenters. The van der Waals surface area contributed by atoms with E-state index in [4.69, 9.17) is 4.99 Å². The van der Waals surface area contributed by atoms with Crippen LogP contribution in [-0.2, 0) is 13.1 Å². The molecule has 0 spiro atoms. The lowest BCUT2D eigenvalue weighted by Crippen LogP contribution is -2.17. The summed E-state index contributed by atoms with van der Waals surface area (Å²) in [6, 6.07) is 12.9. The SMILES string of the molecule is Cc1cccc(N=c2scc(-c3cccc([N+](=O)[O-])c3)n2CCCn2ccnc2)c1C. The monoisotopic (exact) mass is 433 g/mol. The third-order valence-corrected chi connectivity index (χ3v) is 6.16. The molecule has 0 amide bonds. The molecule has 0 saturated heterocycles. The van der Waals surface area contributed by atoms with Crippen LogP contribution in [0.25, 0.3) is 11.3 Å². The van der Waals surface area contributed by atoms with Gasteiger partial charge in [-0.2, -0.15) is 0 Å². The Kier molecular flexibility index (Phi) is 6.08. The van der Waals surface area contributed by atoms with Crippen LogP contribution in [0.2, 0.25) is 0 Å². The van der Waals surface area contributed by atoms with Gasteiger partial charge in [-0.05, 0) is 37.5 Å². The van der Waals surface area contributed by atoms with Crippen LogP contribution in [-0.4, -0.2) is 19.0 Å². The zero-order chi connectivity index (χ0) is 21.8. The molecule has 0 aliphatic carbocycles. The van der Waals surface area contributed by atoms with Crippen molar-refractivity contribution in [2.75, 3.05) is 0 Å². The highest BCUT2D eigenvalue weighted by molar-refractivity contribution is 7.07. The lowest BCUT2D eigenvalue weighted by molar-refractivity contribution is -0.384. The second-order valence-electron chi connectivity index (χ2n) is 7.35. The van der Waals surface area contributed by atoms with Crippen LogP contribution in [0.5, 0.6) is 0 Å². The van der Waals surface area contributed by atoms with Gasteiger partial charge < -0.3 is 9.13 Å². The summed E-state index contributed by atoms with van der Waals surface area (Å²) in [5.74, 6) is 0. The van der Waals surface area contributed by atoms with Crippen molar-refractivity contribution >= 4 is 22.7 Å². The molecular weight excluding hydrogens is 410 g/mol. The summed E-state index contributed by atoms with van der Waals surface area (Å²) in [7, 11) is 0. The van der Waals surface area contributed by atoms with Gasteiger partial charge in [0.25, 0.3) is 5.69 Å². The first-order valence-corrected chi connectivity index (χ1v) is 10.9. The minimum atomic E-state index is -0.360. The summed E-state index contributed by atoms with van der Waals surface area (Å²) < 4.78 is 4.20. The van der Waals surface area contributed by atoms with E-state index in [-0.39, 0.29) is 10.6 Å². The molecule has 4 rings (SSSR count). The highest BCUT2D eigenvalue weighted by Gasteiger charge is 2.13. The second kappa shape index (κ2) is 9.09. The maximum absolute atomic E-state index is 11.3. The smallest absolute Gasteiger partial charge is 0.270 e. The number of aromatic nitrogens is 3. The fourth-order valence-corrected chi connectivity index (χ4v) is 4.38. The van der Waals surface area contributed by atoms with Crippen LogP contribution in [0.4, 0.5) is 11.4 Å². The predicted molar refractivity (Wildman–Crippen MR) is 122 cm³/mol. The number of nitrogens with zero attached hydrogens (tertiary/aromatic N) is 5. The molecule has 0 radical (unpaired) electrons. The van der Waals surface area contributed by atoms with Crippen molar-refractivity contribution in [1.29, 1.82) is 0 Å². The van der Waals surface area contributed by atoms with Crippen LogP contribution in [0, 0.1) is 24.0 Å². The first-order chi connectivity index (χ1) is 15.0. The number of hydrogen-bond acceptors (Lipinski definition) is 5. The highest BCUT2D eigenvalue weighted by atomic mass is 32.1. The number of benzene rings is 2. The predicted octanol–water partition coefficient (Wildman–Crippen LogP) is 5.26. The zero-order valence-corrected chi connectivity index (χ0v) is 18.2. The minimum absolute atomic E-state index is 0.0849. The maximum atomic E-state index is 11.3. The van der Waals surface area contributed by atoms with Crippen LogP contribution in [0.15, 0.2) is 71.6 Å². The van der Waals surface area contributed by atoms with Crippen molar-refractivity contribution in [3.8, 4) is 11.3 Å². The van der Waals surface area contributed by atoms with E-state index in [2.05, 4.69) is 29.5 Å². The van der Waals surface area contributed by atoms with Crippen LogP contribution in [0.3, 0.4) is 0 Å². The molecule has 0 N–H and O–H groups in total. The molecule has 0 fully saturated rings. The van der Waals surface area contributed by atoms with E-state index in [0.29, 0.717) is 0 Å². The Balaban J connectivity index is 1.76. The molecule has 0 atom stereocenters. The molecule has 7 nitrogen and oxygen atoms in total. The highest BCUT2D eigenvalue weighted by Crippen LogP contribution is 2.26. The summed E-state index contributed by atoms with van der Waals surface area (Å²) in [6.07, 6.45) is 6.41. The van der Waals surface area contributed by atoms with E-state index in [0.717, 1.165) is 46.8 Å². The Bertz CT molecular complexity index is 1270. The molecule has 0 aliphatic rings. The number of hydrogen-bond donors (Lipinski definition) is 0. The first-order valence-electron chi connectivity index (χ1n) is 10.0. The summed E-state index contributed by atoms with van der Waals surface area (Å²) in [5, 5.41) is 13.3. The maximum Gasteiger partial charge on any atom is 0.270 e. The molecule has 31 heavy (non-hydrogen) atoms. The largest absolute Gasteiger partial charge is 0.337 e. The number of thiazole rings is 1. The van der Waals surface area contributed by atoms with Crippen molar-refractivity contribution in [3.05, 3.63) is 92.6 Å². The summed E-state index contributed by atoms with van der Waals surface area (Å²) in [5.41, 5.74) is 5.12. The van der Waals surface area contributed by atoms with E-state index >= 15 is 0 Å². The number of imidazole rings is 1. The molecule has 8 heteroatoms. The van der Waals surface area contributed by atoms with Gasteiger partial charge in [0.15, 0.2) is 4.80 Å². The normalized spacial score (nSPS) is 11.7. The third-order valence-electron chi connectivity index (χ3n) is 5.30. The van der Waals surface area contributed by atoms with Gasteiger partial charge >= 0.3 is 0 Å². The van der Waals surface area contributed by atoms with E-state index in [1.54, 1.807) is 36.0 Å². The lowest BCUT2D eigenvalue weighted by Gasteiger charge is -2.10. The Morgan fingerprint density at radius 2 is 2.00 bits per heavy atom. The molecule has 2 aromatic heterocycles. The van der Waals surface area contributed by atoms with Crippen molar-refractivity contribution in [1.82, 2.24) is 14.1 Å². The molecule has 0 saturated carbocycles.